The van der Waals surface area contributed by atoms with Gasteiger partial charge < -0.3 is 16.2 Å². The van der Waals surface area contributed by atoms with Crippen molar-refractivity contribution < 1.29 is 14.7 Å². The van der Waals surface area contributed by atoms with E-state index in [1.165, 1.54) is 0 Å². The number of para-hydroxylation sites is 1. The van der Waals surface area contributed by atoms with Gasteiger partial charge in [-0.3, -0.25) is 4.79 Å². The maximum atomic E-state index is 10.4. The highest BCUT2D eigenvalue weighted by Gasteiger charge is 2.26. The minimum absolute atomic E-state index is 0.164. The Morgan fingerprint density at radius 1 is 1.38 bits per heavy atom. The normalized spacial score (nSPS) is 18.2. The van der Waals surface area contributed by atoms with Crippen LogP contribution in [0.15, 0.2) is 30.3 Å². The van der Waals surface area contributed by atoms with E-state index < -0.39 is 12.0 Å². The highest BCUT2D eigenvalue weighted by molar-refractivity contribution is 5.87. The van der Waals surface area contributed by atoms with Crippen LogP contribution in [0.2, 0.25) is 0 Å². The summed E-state index contributed by atoms with van der Waals surface area (Å²) in [4.78, 5) is 20.5. The number of aliphatic carboxylic acids is 1. The maximum Gasteiger partial charge on any atom is 0.326 e. The van der Waals surface area contributed by atoms with Gasteiger partial charge in [-0.2, -0.15) is 0 Å². The van der Waals surface area contributed by atoms with E-state index in [1.807, 2.05) is 30.3 Å². The largest absolute Gasteiger partial charge is 0.480 e. The smallest absolute Gasteiger partial charge is 0.326 e. The summed E-state index contributed by atoms with van der Waals surface area (Å²) < 4.78 is 0. The number of anilines is 1. The van der Waals surface area contributed by atoms with E-state index in [4.69, 9.17) is 10.8 Å². The van der Waals surface area contributed by atoms with Crippen molar-refractivity contribution in [1.29, 1.82) is 0 Å². The zero-order valence-electron chi connectivity index (χ0n) is 8.72. The van der Waals surface area contributed by atoms with Gasteiger partial charge in [0, 0.05) is 12.1 Å². The first-order chi connectivity index (χ1) is 7.59. The number of benzene rings is 1. The predicted molar refractivity (Wildman–Crippen MR) is 59.7 cm³/mol. The molecule has 1 atom stereocenters. The summed E-state index contributed by atoms with van der Waals surface area (Å²) in [6.07, 6.45) is 0.769. The first-order valence-corrected chi connectivity index (χ1v) is 4.92. The number of carbonyl (C=O) groups excluding carboxylic acids is 1. The van der Waals surface area contributed by atoms with Gasteiger partial charge in [0.05, 0.1) is 0 Å². The topological polar surface area (TPSA) is 92.4 Å². The van der Waals surface area contributed by atoms with Crippen LogP contribution >= 0.6 is 0 Å². The summed E-state index contributed by atoms with van der Waals surface area (Å²) >= 11 is 0. The monoisotopic (exact) mass is 222 g/mol. The van der Waals surface area contributed by atoms with Gasteiger partial charge in [-0.1, -0.05) is 18.2 Å². The highest BCUT2D eigenvalue weighted by atomic mass is 16.4. The third-order valence-corrected chi connectivity index (χ3v) is 2.09. The molecular weight excluding hydrogens is 208 g/mol. The van der Waals surface area contributed by atoms with Crippen molar-refractivity contribution in [3.8, 4) is 0 Å². The molecule has 1 fully saturated rings. The Morgan fingerprint density at radius 2 is 2.00 bits per heavy atom. The Hall–Kier alpha value is -2.04. The fourth-order valence-electron chi connectivity index (χ4n) is 1.25. The minimum atomic E-state index is -0.944. The third kappa shape index (κ3) is 4.00. The van der Waals surface area contributed by atoms with Crippen molar-refractivity contribution >= 4 is 17.6 Å². The van der Waals surface area contributed by atoms with Crippen molar-refractivity contribution in [2.75, 3.05) is 5.73 Å². The summed E-state index contributed by atoms with van der Waals surface area (Å²) in [5, 5.41) is 10.6. The van der Waals surface area contributed by atoms with Crippen LogP contribution in [0.4, 0.5) is 5.69 Å². The van der Waals surface area contributed by atoms with Crippen molar-refractivity contribution in [3.05, 3.63) is 30.3 Å². The van der Waals surface area contributed by atoms with Gasteiger partial charge in [-0.05, 0) is 18.6 Å². The molecule has 1 saturated heterocycles. The molecule has 0 aliphatic carbocycles. The van der Waals surface area contributed by atoms with Crippen LogP contribution in [-0.4, -0.2) is 23.0 Å². The first kappa shape index (κ1) is 12.0. The Kier molecular flexibility index (Phi) is 4.32. The van der Waals surface area contributed by atoms with Crippen molar-refractivity contribution in [2.24, 2.45) is 0 Å². The van der Waals surface area contributed by atoms with Gasteiger partial charge in [-0.25, -0.2) is 4.79 Å². The number of hydrogen-bond donors (Lipinski definition) is 3. The zero-order chi connectivity index (χ0) is 12.0. The first-order valence-electron chi connectivity index (χ1n) is 4.92. The lowest BCUT2D eigenvalue weighted by molar-refractivity contribution is -0.140. The molecular formula is C11H14N2O3. The number of rotatable bonds is 1. The highest BCUT2D eigenvalue weighted by Crippen LogP contribution is 2.05. The molecule has 0 aromatic heterocycles. The predicted octanol–water partition coefficient (Wildman–Crippen LogP) is 0.618. The number of carboxylic acid groups (broad SMARTS) is 1. The van der Waals surface area contributed by atoms with Crippen LogP contribution in [-0.2, 0) is 9.59 Å². The number of nitrogen functional groups attached to an aromatic ring is 1. The second-order valence-corrected chi connectivity index (χ2v) is 3.41. The molecule has 0 bridgehead atoms. The molecule has 0 spiro atoms. The summed E-state index contributed by atoms with van der Waals surface area (Å²) in [7, 11) is 0. The summed E-state index contributed by atoms with van der Waals surface area (Å²) in [5.41, 5.74) is 6.18. The van der Waals surface area contributed by atoms with E-state index >= 15 is 0 Å². The average molecular weight is 222 g/mol. The molecule has 4 N–H and O–H groups in total. The van der Waals surface area contributed by atoms with Crippen LogP contribution in [0.5, 0.6) is 0 Å². The molecule has 5 nitrogen and oxygen atoms in total. The van der Waals surface area contributed by atoms with Crippen LogP contribution in [0.1, 0.15) is 12.8 Å². The van der Waals surface area contributed by atoms with Crippen molar-refractivity contribution in [1.82, 2.24) is 5.32 Å². The lowest BCUT2D eigenvalue weighted by Gasteiger charge is -1.99. The second kappa shape index (κ2) is 5.75. The Morgan fingerprint density at radius 3 is 2.25 bits per heavy atom. The van der Waals surface area contributed by atoms with Gasteiger partial charge in [0.25, 0.3) is 0 Å². The molecule has 1 aliphatic heterocycles. The number of nitrogens with two attached hydrogens (primary N) is 1. The Balaban J connectivity index is 0.000000165. The Labute approximate surface area is 93.3 Å². The molecule has 0 unspecified atom stereocenters. The van der Waals surface area contributed by atoms with Crippen LogP contribution in [0, 0.1) is 0 Å². The fourth-order valence-corrected chi connectivity index (χ4v) is 1.25. The number of carboxylic acids is 1. The number of nitrogens with one attached hydrogen (secondary N) is 1. The standard InChI is InChI=1S/C6H7N.C5H7NO3/c7-6-4-2-1-3-5-6;7-4-2-1-3(6-4)5(8)9/h1-5H,7H2;3H,1-2H2,(H,6,7)(H,8,9)/t;3-/m.0/s1. The molecule has 1 aromatic carbocycles. The Bertz CT molecular complexity index is 365. The van der Waals surface area contributed by atoms with Crippen molar-refractivity contribution in [3.63, 3.8) is 0 Å². The lowest BCUT2D eigenvalue weighted by Crippen LogP contribution is -2.32. The zero-order valence-corrected chi connectivity index (χ0v) is 8.72. The fraction of sp³-hybridized carbons (Fsp3) is 0.273. The van der Waals surface area contributed by atoms with E-state index in [-0.39, 0.29) is 5.91 Å². The van der Waals surface area contributed by atoms with Crippen LogP contribution in [0.3, 0.4) is 0 Å². The van der Waals surface area contributed by atoms with Crippen LogP contribution < -0.4 is 11.1 Å². The molecule has 1 heterocycles. The van der Waals surface area contributed by atoms with Crippen LogP contribution in [0.25, 0.3) is 0 Å². The molecule has 1 aliphatic rings. The van der Waals surface area contributed by atoms with Gasteiger partial charge in [0.15, 0.2) is 0 Å². The summed E-state index contributed by atoms with van der Waals surface area (Å²) in [5.74, 6) is -1.11. The molecule has 1 aromatic rings. The third-order valence-electron chi connectivity index (χ3n) is 2.09. The average Bonchev–Trinajstić information content (AvgIpc) is 2.67. The number of amides is 1. The van der Waals surface area contributed by atoms with Gasteiger partial charge >= 0.3 is 5.97 Å². The molecule has 0 radical (unpaired) electrons. The summed E-state index contributed by atoms with van der Waals surface area (Å²) in [6.45, 7) is 0. The van der Waals surface area contributed by atoms with E-state index in [9.17, 15) is 9.59 Å². The van der Waals surface area contributed by atoms with E-state index in [2.05, 4.69) is 5.32 Å². The quantitative estimate of drug-likeness (QED) is 0.607. The molecule has 2 rings (SSSR count). The van der Waals surface area contributed by atoms with E-state index in [0.717, 1.165) is 5.69 Å². The number of carbonyl (C=O) groups is 2. The van der Waals surface area contributed by atoms with Gasteiger partial charge in [0.2, 0.25) is 5.91 Å². The molecule has 1 amide bonds. The molecule has 86 valence electrons. The van der Waals surface area contributed by atoms with E-state index in [0.29, 0.717) is 12.8 Å². The molecule has 16 heavy (non-hydrogen) atoms. The molecule has 5 heteroatoms. The summed E-state index contributed by atoms with van der Waals surface area (Å²) in [6, 6.07) is 8.85. The van der Waals surface area contributed by atoms with Gasteiger partial charge in [-0.15, -0.1) is 0 Å². The van der Waals surface area contributed by atoms with E-state index in [1.54, 1.807) is 0 Å². The SMILES string of the molecule is Nc1ccccc1.O=C1CC[C@@H](C(=O)O)N1. The number of hydrogen-bond acceptors (Lipinski definition) is 3. The maximum absolute atomic E-state index is 10.4. The minimum Gasteiger partial charge on any atom is -0.480 e. The van der Waals surface area contributed by atoms with Gasteiger partial charge in [0.1, 0.15) is 6.04 Å². The van der Waals surface area contributed by atoms with Crippen molar-refractivity contribution in [2.45, 2.75) is 18.9 Å². The molecule has 0 saturated carbocycles. The second-order valence-electron chi connectivity index (χ2n) is 3.41. The lowest BCUT2D eigenvalue weighted by atomic mass is 10.2.